The van der Waals surface area contributed by atoms with Crippen molar-refractivity contribution in [3.63, 3.8) is 0 Å². The second kappa shape index (κ2) is 6.64. The van der Waals surface area contributed by atoms with Gasteiger partial charge < -0.3 is 20.1 Å². The summed E-state index contributed by atoms with van der Waals surface area (Å²) in [4.78, 5) is 35.6. The predicted octanol–water partition coefficient (Wildman–Crippen LogP) is 2.44. The molecule has 25 heavy (non-hydrogen) atoms. The van der Waals surface area contributed by atoms with Crippen molar-refractivity contribution >= 4 is 29.2 Å². The summed E-state index contributed by atoms with van der Waals surface area (Å²) in [6.07, 6.45) is -0.623. The van der Waals surface area contributed by atoms with Crippen molar-refractivity contribution in [3.8, 4) is 5.75 Å². The molecule has 2 aromatic rings. The van der Waals surface area contributed by atoms with Crippen molar-refractivity contribution in [2.45, 2.75) is 13.0 Å². The zero-order valence-corrected chi connectivity index (χ0v) is 13.7. The largest absolute Gasteiger partial charge is 0.479 e. The highest BCUT2D eigenvalue weighted by Gasteiger charge is 2.24. The lowest BCUT2D eigenvalue weighted by molar-refractivity contribution is -0.122. The third-order valence-electron chi connectivity index (χ3n) is 3.72. The minimum absolute atomic E-state index is 0.232. The zero-order chi connectivity index (χ0) is 18.0. The van der Waals surface area contributed by atoms with Gasteiger partial charge in [0.1, 0.15) is 5.75 Å². The van der Waals surface area contributed by atoms with E-state index in [4.69, 9.17) is 4.74 Å². The third kappa shape index (κ3) is 3.45. The first-order chi connectivity index (χ1) is 12.0. The molecular formula is C18H16N2O5. The Morgan fingerprint density at radius 1 is 1.16 bits per heavy atom. The molecule has 1 aliphatic heterocycles. The number of carbonyl (C=O) groups is 3. The Balaban J connectivity index is 1.79. The second-order valence-electron chi connectivity index (χ2n) is 5.49. The third-order valence-corrected chi connectivity index (χ3v) is 3.72. The molecule has 0 bridgehead atoms. The van der Waals surface area contributed by atoms with E-state index in [2.05, 4.69) is 15.4 Å². The predicted molar refractivity (Wildman–Crippen MR) is 90.9 cm³/mol. The summed E-state index contributed by atoms with van der Waals surface area (Å²) in [5, 5.41) is 5.42. The molecule has 0 aromatic heterocycles. The fourth-order valence-corrected chi connectivity index (χ4v) is 2.39. The lowest BCUT2D eigenvalue weighted by Crippen LogP contribution is -2.34. The topological polar surface area (TPSA) is 93.7 Å². The van der Waals surface area contributed by atoms with Crippen LogP contribution in [0.25, 0.3) is 0 Å². The molecule has 1 heterocycles. The average molecular weight is 340 g/mol. The minimum atomic E-state index is -0.623. The van der Waals surface area contributed by atoms with Gasteiger partial charge in [-0.1, -0.05) is 6.07 Å². The number of amides is 2. The van der Waals surface area contributed by atoms with Gasteiger partial charge in [-0.3, -0.25) is 9.59 Å². The number of esters is 1. The maximum Gasteiger partial charge on any atom is 0.337 e. The van der Waals surface area contributed by atoms with Crippen LogP contribution in [-0.2, 0) is 9.53 Å². The number of benzene rings is 2. The van der Waals surface area contributed by atoms with E-state index in [1.165, 1.54) is 13.2 Å². The van der Waals surface area contributed by atoms with E-state index in [1.54, 1.807) is 43.3 Å². The molecule has 0 saturated carbocycles. The summed E-state index contributed by atoms with van der Waals surface area (Å²) in [5.41, 5.74) is 1.69. The fourth-order valence-electron chi connectivity index (χ4n) is 2.39. The van der Waals surface area contributed by atoms with Crippen molar-refractivity contribution in [1.82, 2.24) is 0 Å². The number of hydrogen-bond donors (Lipinski definition) is 2. The highest BCUT2D eigenvalue weighted by atomic mass is 16.5. The van der Waals surface area contributed by atoms with Crippen LogP contribution in [0.5, 0.6) is 5.75 Å². The SMILES string of the molecule is COC(=O)c1cccc(NC(=O)c2ccc3c(c2)OC(C)C(=O)N3)c1. The molecule has 0 radical (unpaired) electrons. The Labute approximate surface area is 143 Å². The standard InChI is InChI=1S/C18H16N2O5/c1-10-16(21)20-14-7-6-11(9-15(14)25-10)17(22)19-13-5-3-4-12(8-13)18(23)24-2/h3-10H,1-2H3,(H,19,22)(H,20,21). The first kappa shape index (κ1) is 16.5. The van der Waals surface area contributed by atoms with E-state index in [9.17, 15) is 14.4 Å². The number of anilines is 2. The molecule has 0 spiro atoms. The van der Waals surface area contributed by atoms with Crippen LogP contribution >= 0.6 is 0 Å². The molecule has 7 nitrogen and oxygen atoms in total. The van der Waals surface area contributed by atoms with Gasteiger partial charge >= 0.3 is 5.97 Å². The van der Waals surface area contributed by atoms with Crippen LogP contribution in [0.2, 0.25) is 0 Å². The maximum atomic E-state index is 12.4. The Hall–Kier alpha value is -3.35. The molecule has 2 N–H and O–H groups in total. The first-order valence-corrected chi connectivity index (χ1v) is 7.59. The van der Waals surface area contributed by atoms with Crippen molar-refractivity contribution in [1.29, 1.82) is 0 Å². The minimum Gasteiger partial charge on any atom is -0.479 e. The highest BCUT2D eigenvalue weighted by molar-refractivity contribution is 6.06. The Kier molecular flexibility index (Phi) is 4.38. The van der Waals surface area contributed by atoms with Crippen LogP contribution in [0.1, 0.15) is 27.6 Å². The summed E-state index contributed by atoms with van der Waals surface area (Å²) < 4.78 is 10.2. The smallest absolute Gasteiger partial charge is 0.337 e. The van der Waals surface area contributed by atoms with Gasteiger partial charge in [-0.15, -0.1) is 0 Å². The molecule has 2 aromatic carbocycles. The molecule has 0 fully saturated rings. The van der Waals surface area contributed by atoms with Crippen LogP contribution in [0, 0.1) is 0 Å². The van der Waals surface area contributed by atoms with E-state index in [0.717, 1.165) is 0 Å². The number of carbonyl (C=O) groups excluding carboxylic acids is 3. The van der Waals surface area contributed by atoms with Crippen molar-refractivity contribution in [2.75, 3.05) is 17.7 Å². The van der Waals surface area contributed by atoms with Gasteiger partial charge in [-0.05, 0) is 43.3 Å². The lowest BCUT2D eigenvalue weighted by Gasteiger charge is -2.23. The van der Waals surface area contributed by atoms with Gasteiger partial charge in [0.25, 0.3) is 11.8 Å². The molecular weight excluding hydrogens is 324 g/mol. The monoisotopic (exact) mass is 340 g/mol. The van der Waals surface area contributed by atoms with Gasteiger partial charge in [-0.25, -0.2) is 4.79 Å². The summed E-state index contributed by atoms with van der Waals surface area (Å²) in [6.45, 7) is 1.63. The molecule has 0 saturated heterocycles. The molecule has 128 valence electrons. The van der Waals surface area contributed by atoms with Crippen LogP contribution in [0.15, 0.2) is 42.5 Å². The first-order valence-electron chi connectivity index (χ1n) is 7.59. The van der Waals surface area contributed by atoms with E-state index in [-0.39, 0.29) is 11.8 Å². The molecule has 3 rings (SSSR count). The highest BCUT2D eigenvalue weighted by Crippen LogP contribution is 2.30. The van der Waals surface area contributed by atoms with E-state index in [0.29, 0.717) is 28.3 Å². The van der Waals surface area contributed by atoms with Crippen LogP contribution < -0.4 is 15.4 Å². The van der Waals surface area contributed by atoms with Crippen molar-refractivity contribution < 1.29 is 23.9 Å². The van der Waals surface area contributed by atoms with Gasteiger partial charge in [-0.2, -0.15) is 0 Å². The van der Waals surface area contributed by atoms with E-state index in [1.807, 2.05) is 0 Å². The van der Waals surface area contributed by atoms with E-state index < -0.39 is 12.1 Å². The second-order valence-corrected chi connectivity index (χ2v) is 5.49. The molecule has 1 unspecified atom stereocenters. The van der Waals surface area contributed by atoms with Gasteiger partial charge in [0.05, 0.1) is 18.4 Å². The number of ether oxygens (including phenoxy) is 2. The molecule has 7 heteroatoms. The van der Waals surface area contributed by atoms with Crippen LogP contribution in [0.3, 0.4) is 0 Å². The summed E-state index contributed by atoms with van der Waals surface area (Å²) in [5.74, 6) is -0.645. The van der Waals surface area contributed by atoms with Crippen molar-refractivity contribution in [3.05, 3.63) is 53.6 Å². The number of fused-ring (bicyclic) bond motifs is 1. The molecule has 1 aliphatic rings. The number of hydrogen-bond acceptors (Lipinski definition) is 5. The Morgan fingerprint density at radius 2 is 1.96 bits per heavy atom. The van der Waals surface area contributed by atoms with E-state index >= 15 is 0 Å². The van der Waals surface area contributed by atoms with Crippen molar-refractivity contribution in [2.24, 2.45) is 0 Å². The maximum absolute atomic E-state index is 12.4. The summed E-state index contributed by atoms with van der Waals surface area (Å²) >= 11 is 0. The Bertz CT molecular complexity index is 862. The average Bonchev–Trinajstić information content (AvgIpc) is 2.61. The number of nitrogens with one attached hydrogen (secondary N) is 2. The number of rotatable bonds is 3. The zero-order valence-electron chi connectivity index (χ0n) is 13.7. The van der Waals surface area contributed by atoms with Crippen LogP contribution in [0.4, 0.5) is 11.4 Å². The number of methoxy groups -OCH3 is 1. The van der Waals surface area contributed by atoms with Gasteiger partial charge in [0.2, 0.25) is 0 Å². The quantitative estimate of drug-likeness (QED) is 0.837. The lowest BCUT2D eigenvalue weighted by atomic mass is 10.1. The molecule has 2 amide bonds. The molecule has 0 aliphatic carbocycles. The van der Waals surface area contributed by atoms with Crippen LogP contribution in [-0.4, -0.2) is 31.0 Å². The molecule has 1 atom stereocenters. The summed E-state index contributed by atoms with van der Waals surface area (Å²) in [6, 6.07) is 11.2. The van der Waals surface area contributed by atoms with Gasteiger partial charge in [0, 0.05) is 11.3 Å². The normalized spacial score (nSPS) is 15.4. The Morgan fingerprint density at radius 3 is 2.72 bits per heavy atom. The fraction of sp³-hybridized carbons (Fsp3) is 0.167. The summed E-state index contributed by atoms with van der Waals surface area (Å²) in [7, 11) is 1.29. The van der Waals surface area contributed by atoms with Gasteiger partial charge in [0.15, 0.2) is 6.10 Å².